The van der Waals surface area contributed by atoms with E-state index in [2.05, 4.69) is 5.32 Å². The van der Waals surface area contributed by atoms with Crippen molar-refractivity contribution in [3.8, 4) is 0 Å². The third-order valence-electron chi connectivity index (χ3n) is 4.38. The molecular weight excluding hydrogens is 370 g/mol. The molecule has 3 rings (SSSR count). The number of esters is 1. The summed E-state index contributed by atoms with van der Waals surface area (Å²) in [6.07, 6.45) is 0.237. The van der Waals surface area contributed by atoms with Crippen molar-refractivity contribution >= 4 is 29.2 Å². The second-order valence-corrected chi connectivity index (χ2v) is 6.22. The van der Waals surface area contributed by atoms with E-state index in [1.54, 1.807) is 25.1 Å². The van der Waals surface area contributed by atoms with E-state index < -0.39 is 35.3 Å². The van der Waals surface area contributed by atoms with Crippen LogP contribution >= 0.6 is 0 Å². The summed E-state index contributed by atoms with van der Waals surface area (Å²) < 4.78 is 31.4. The lowest BCUT2D eigenvalue weighted by Crippen LogP contribution is -2.33. The Morgan fingerprint density at radius 2 is 1.96 bits per heavy atom. The normalized spacial score (nSPS) is 16.2. The molecule has 0 aromatic heterocycles. The molecule has 0 spiro atoms. The largest absolute Gasteiger partial charge is 0.462 e. The van der Waals surface area contributed by atoms with Crippen LogP contribution in [0.4, 0.5) is 20.2 Å². The highest BCUT2D eigenvalue weighted by atomic mass is 19.2. The Hall–Kier alpha value is -3.29. The highest BCUT2D eigenvalue weighted by Crippen LogP contribution is 2.27. The number of anilines is 2. The fraction of sp³-hybridized carbons (Fsp3) is 0.250. The van der Waals surface area contributed by atoms with Gasteiger partial charge in [-0.05, 0) is 43.7 Å². The summed E-state index contributed by atoms with van der Waals surface area (Å²) in [7, 11) is 0. The molecule has 1 aliphatic heterocycles. The number of benzene rings is 2. The zero-order chi connectivity index (χ0) is 20.3. The molecule has 2 amide bonds. The third-order valence-corrected chi connectivity index (χ3v) is 4.38. The molecule has 2 aromatic carbocycles. The summed E-state index contributed by atoms with van der Waals surface area (Å²) in [4.78, 5) is 38.1. The Morgan fingerprint density at radius 1 is 1.18 bits per heavy atom. The van der Waals surface area contributed by atoms with E-state index >= 15 is 0 Å². The molecule has 0 radical (unpaired) electrons. The summed E-state index contributed by atoms with van der Waals surface area (Å²) >= 11 is 0. The number of hydrogen-bond acceptors (Lipinski definition) is 4. The minimum absolute atomic E-state index is 0.198. The predicted octanol–water partition coefficient (Wildman–Crippen LogP) is 3.13. The maximum atomic E-state index is 13.4. The molecule has 1 fully saturated rings. The van der Waals surface area contributed by atoms with Gasteiger partial charge in [0.1, 0.15) is 5.92 Å². The van der Waals surface area contributed by atoms with Crippen LogP contribution in [0.3, 0.4) is 0 Å². The van der Waals surface area contributed by atoms with Crippen LogP contribution in [-0.4, -0.2) is 30.9 Å². The van der Waals surface area contributed by atoms with Crippen molar-refractivity contribution in [2.24, 2.45) is 5.92 Å². The molecule has 0 aliphatic carbocycles. The summed E-state index contributed by atoms with van der Waals surface area (Å²) in [6, 6.07) is 9.35. The zero-order valence-corrected chi connectivity index (χ0v) is 15.1. The summed E-state index contributed by atoms with van der Waals surface area (Å²) in [5.74, 6) is -4.57. The minimum Gasteiger partial charge on any atom is -0.462 e. The van der Waals surface area contributed by atoms with Gasteiger partial charge in [0.15, 0.2) is 11.6 Å². The lowest BCUT2D eigenvalue weighted by atomic mass is 10.1. The summed E-state index contributed by atoms with van der Waals surface area (Å²) in [6.45, 7) is 2.13. The van der Waals surface area contributed by atoms with Crippen LogP contribution in [0.2, 0.25) is 0 Å². The zero-order valence-electron chi connectivity index (χ0n) is 15.1. The minimum atomic E-state index is -1.06. The predicted molar refractivity (Wildman–Crippen MR) is 97.8 cm³/mol. The standard InChI is InChI=1S/C20H18F2N2O4/c1-2-28-20(27)12-4-3-5-13(10-12)23-18(25)15-8-9-24(19(15)26)14-6-7-16(21)17(22)11-14/h3-7,10-11,15H,2,8-9H2,1H3,(H,23,25). The lowest BCUT2D eigenvalue weighted by molar-refractivity contribution is -0.129. The molecule has 1 unspecified atom stereocenters. The molecule has 0 saturated carbocycles. The van der Waals surface area contributed by atoms with E-state index in [4.69, 9.17) is 4.74 Å². The Morgan fingerprint density at radius 3 is 2.68 bits per heavy atom. The average molecular weight is 388 g/mol. The maximum Gasteiger partial charge on any atom is 0.338 e. The number of nitrogens with one attached hydrogen (secondary N) is 1. The fourth-order valence-electron chi connectivity index (χ4n) is 3.00. The Balaban J connectivity index is 1.70. The van der Waals surface area contributed by atoms with Gasteiger partial charge in [0, 0.05) is 24.0 Å². The van der Waals surface area contributed by atoms with Crippen LogP contribution in [0.25, 0.3) is 0 Å². The Labute approximate surface area is 160 Å². The summed E-state index contributed by atoms with van der Waals surface area (Å²) in [5, 5.41) is 2.62. The van der Waals surface area contributed by atoms with Crippen LogP contribution in [0, 0.1) is 17.6 Å². The average Bonchev–Trinajstić information content (AvgIpc) is 3.06. The van der Waals surface area contributed by atoms with Gasteiger partial charge in [-0.15, -0.1) is 0 Å². The van der Waals surface area contributed by atoms with Gasteiger partial charge in [-0.1, -0.05) is 6.07 Å². The van der Waals surface area contributed by atoms with E-state index in [0.717, 1.165) is 12.1 Å². The number of halogens is 2. The van der Waals surface area contributed by atoms with Gasteiger partial charge >= 0.3 is 5.97 Å². The van der Waals surface area contributed by atoms with E-state index in [1.807, 2.05) is 0 Å². The molecular formula is C20H18F2N2O4. The molecule has 146 valence electrons. The quantitative estimate of drug-likeness (QED) is 0.631. The third kappa shape index (κ3) is 4.00. The van der Waals surface area contributed by atoms with E-state index in [-0.39, 0.29) is 30.8 Å². The molecule has 2 aromatic rings. The molecule has 0 bridgehead atoms. The lowest BCUT2D eigenvalue weighted by Gasteiger charge is -2.17. The van der Waals surface area contributed by atoms with E-state index in [1.165, 1.54) is 17.0 Å². The second kappa shape index (κ2) is 8.16. The van der Waals surface area contributed by atoms with Crippen LogP contribution in [0.1, 0.15) is 23.7 Å². The van der Waals surface area contributed by atoms with Crippen molar-refractivity contribution in [3.63, 3.8) is 0 Å². The molecule has 1 N–H and O–H groups in total. The number of ether oxygens (including phenoxy) is 1. The van der Waals surface area contributed by atoms with Crippen molar-refractivity contribution in [3.05, 3.63) is 59.7 Å². The van der Waals surface area contributed by atoms with Gasteiger partial charge in [-0.25, -0.2) is 13.6 Å². The van der Waals surface area contributed by atoms with Crippen molar-refractivity contribution < 1.29 is 27.9 Å². The van der Waals surface area contributed by atoms with Crippen LogP contribution in [0.5, 0.6) is 0 Å². The van der Waals surface area contributed by atoms with Gasteiger partial charge in [0.25, 0.3) is 0 Å². The topological polar surface area (TPSA) is 75.7 Å². The molecule has 1 saturated heterocycles. The smallest absolute Gasteiger partial charge is 0.338 e. The summed E-state index contributed by atoms with van der Waals surface area (Å²) in [5.41, 5.74) is 0.832. The number of rotatable bonds is 5. The highest BCUT2D eigenvalue weighted by Gasteiger charge is 2.37. The fourth-order valence-corrected chi connectivity index (χ4v) is 3.00. The van der Waals surface area contributed by atoms with Crippen molar-refractivity contribution in [1.29, 1.82) is 0 Å². The van der Waals surface area contributed by atoms with Gasteiger partial charge in [-0.2, -0.15) is 0 Å². The van der Waals surface area contributed by atoms with Crippen LogP contribution in [-0.2, 0) is 14.3 Å². The number of hydrogen-bond donors (Lipinski definition) is 1. The Bertz CT molecular complexity index is 932. The van der Waals surface area contributed by atoms with Gasteiger partial charge < -0.3 is 15.0 Å². The van der Waals surface area contributed by atoms with Crippen molar-refractivity contribution in [2.45, 2.75) is 13.3 Å². The van der Waals surface area contributed by atoms with Crippen LogP contribution in [0.15, 0.2) is 42.5 Å². The maximum absolute atomic E-state index is 13.4. The molecule has 1 aliphatic rings. The number of carbonyl (C=O) groups is 3. The SMILES string of the molecule is CCOC(=O)c1cccc(NC(=O)C2CCN(c3ccc(F)c(F)c3)C2=O)c1. The molecule has 6 nitrogen and oxygen atoms in total. The number of amides is 2. The van der Waals surface area contributed by atoms with E-state index in [0.29, 0.717) is 5.69 Å². The van der Waals surface area contributed by atoms with Crippen LogP contribution < -0.4 is 10.2 Å². The van der Waals surface area contributed by atoms with Crippen molar-refractivity contribution in [2.75, 3.05) is 23.4 Å². The van der Waals surface area contributed by atoms with E-state index in [9.17, 15) is 23.2 Å². The molecule has 8 heteroatoms. The molecule has 28 heavy (non-hydrogen) atoms. The van der Waals surface area contributed by atoms with Gasteiger partial charge in [0.05, 0.1) is 12.2 Å². The number of carbonyl (C=O) groups excluding carboxylic acids is 3. The van der Waals surface area contributed by atoms with Gasteiger partial charge in [0.2, 0.25) is 11.8 Å². The first-order valence-corrected chi connectivity index (χ1v) is 8.75. The van der Waals surface area contributed by atoms with Gasteiger partial charge in [-0.3, -0.25) is 9.59 Å². The monoisotopic (exact) mass is 388 g/mol. The molecule has 1 heterocycles. The number of nitrogens with zero attached hydrogens (tertiary/aromatic N) is 1. The molecule has 1 atom stereocenters. The Kier molecular flexibility index (Phi) is 5.67. The highest BCUT2D eigenvalue weighted by molar-refractivity contribution is 6.13. The second-order valence-electron chi connectivity index (χ2n) is 6.22. The first kappa shape index (κ1) is 19.5. The first-order chi connectivity index (χ1) is 13.4. The van der Waals surface area contributed by atoms with Crippen molar-refractivity contribution in [1.82, 2.24) is 0 Å². The first-order valence-electron chi connectivity index (χ1n) is 8.75.